The first-order valence-electron chi connectivity index (χ1n) is 5.54. The van der Waals surface area contributed by atoms with Crippen molar-refractivity contribution in [2.24, 2.45) is 0 Å². The Bertz CT molecular complexity index is 297. The van der Waals surface area contributed by atoms with Crippen molar-refractivity contribution in [2.75, 3.05) is 6.54 Å². The first-order valence-corrected chi connectivity index (χ1v) is 5.54. The maximum absolute atomic E-state index is 5.51. The fourth-order valence-electron chi connectivity index (χ4n) is 2.34. The smallest absolute Gasteiger partial charge is 0.108 e. The van der Waals surface area contributed by atoms with E-state index in [9.17, 15) is 0 Å². The summed E-state index contributed by atoms with van der Waals surface area (Å²) in [5.41, 5.74) is 1.59. The van der Waals surface area contributed by atoms with Crippen LogP contribution in [-0.4, -0.2) is 12.1 Å². The molecule has 2 nitrogen and oxygen atoms in total. The summed E-state index contributed by atoms with van der Waals surface area (Å²) < 4.78 is 5.51. The van der Waals surface area contributed by atoms with Gasteiger partial charge in [-0.05, 0) is 44.4 Å². The molecule has 2 rings (SSSR count). The fourth-order valence-corrected chi connectivity index (χ4v) is 2.34. The average molecular weight is 193 g/mol. The number of rotatable bonds is 3. The van der Waals surface area contributed by atoms with Gasteiger partial charge in [-0.3, -0.25) is 0 Å². The Kier molecular flexibility index (Phi) is 2.64. The third-order valence-corrected chi connectivity index (χ3v) is 3.48. The third kappa shape index (κ3) is 1.71. The molecule has 1 unspecified atom stereocenters. The summed E-state index contributed by atoms with van der Waals surface area (Å²) in [6.07, 6.45) is 6.61. The summed E-state index contributed by atoms with van der Waals surface area (Å²) in [7, 11) is 0. The molecule has 78 valence electrons. The van der Waals surface area contributed by atoms with Crippen LogP contribution in [0.25, 0.3) is 0 Å². The molecule has 1 N–H and O–H groups in total. The highest BCUT2D eigenvalue weighted by Gasteiger charge is 2.32. The number of furan rings is 1. The Morgan fingerprint density at radius 2 is 2.43 bits per heavy atom. The van der Waals surface area contributed by atoms with Crippen LogP contribution in [0.1, 0.15) is 37.5 Å². The lowest BCUT2D eigenvalue weighted by Crippen LogP contribution is -2.41. The van der Waals surface area contributed by atoms with E-state index in [1.54, 1.807) is 6.26 Å². The Hall–Kier alpha value is -0.760. The quantitative estimate of drug-likeness (QED) is 0.798. The van der Waals surface area contributed by atoms with Gasteiger partial charge in [-0.1, -0.05) is 6.92 Å². The van der Waals surface area contributed by atoms with Gasteiger partial charge in [0, 0.05) is 12.0 Å². The molecule has 0 bridgehead atoms. The standard InChI is InChI=1S/C12H19NO/c1-3-12(6-4-7-13-12)9-11-10(2)5-8-14-11/h5,8,13H,3-4,6-7,9H2,1-2H3. The summed E-state index contributed by atoms with van der Waals surface area (Å²) in [4.78, 5) is 0. The minimum absolute atomic E-state index is 0.308. The molecule has 1 aromatic heterocycles. The van der Waals surface area contributed by atoms with E-state index in [1.807, 2.05) is 6.07 Å². The van der Waals surface area contributed by atoms with Crippen LogP contribution in [0.3, 0.4) is 0 Å². The van der Waals surface area contributed by atoms with Crippen molar-refractivity contribution < 1.29 is 4.42 Å². The van der Waals surface area contributed by atoms with Crippen LogP contribution in [0.2, 0.25) is 0 Å². The maximum atomic E-state index is 5.51. The summed E-state index contributed by atoms with van der Waals surface area (Å²) in [6, 6.07) is 2.05. The van der Waals surface area contributed by atoms with Crippen molar-refractivity contribution in [1.29, 1.82) is 0 Å². The van der Waals surface area contributed by atoms with Crippen LogP contribution >= 0.6 is 0 Å². The van der Waals surface area contributed by atoms with Gasteiger partial charge < -0.3 is 9.73 Å². The highest BCUT2D eigenvalue weighted by molar-refractivity contribution is 5.18. The number of hydrogen-bond acceptors (Lipinski definition) is 2. The number of hydrogen-bond donors (Lipinski definition) is 1. The predicted octanol–water partition coefficient (Wildman–Crippen LogP) is 2.66. The summed E-state index contributed by atoms with van der Waals surface area (Å²) in [5, 5.41) is 3.63. The van der Waals surface area contributed by atoms with E-state index in [4.69, 9.17) is 4.42 Å². The van der Waals surface area contributed by atoms with Crippen LogP contribution in [0.5, 0.6) is 0 Å². The predicted molar refractivity (Wildman–Crippen MR) is 57.4 cm³/mol. The lowest BCUT2D eigenvalue weighted by atomic mass is 9.88. The second kappa shape index (κ2) is 3.77. The zero-order chi connectivity index (χ0) is 10.0. The summed E-state index contributed by atoms with van der Waals surface area (Å²) in [6.45, 7) is 5.54. The van der Waals surface area contributed by atoms with Gasteiger partial charge in [0.1, 0.15) is 5.76 Å². The highest BCUT2D eigenvalue weighted by Crippen LogP contribution is 2.28. The van der Waals surface area contributed by atoms with Gasteiger partial charge in [-0.15, -0.1) is 0 Å². The second-order valence-electron chi connectivity index (χ2n) is 4.37. The van der Waals surface area contributed by atoms with E-state index in [2.05, 4.69) is 19.2 Å². The molecule has 0 amide bonds. The van der Waals surface area contributed by atoms with Crippen LogP contribution in [0, 0.1) is 6.92 Å². The van der Waals surface area contributed by atoms with E-state index in [0.717, 1.165) is 18.7 Å². The third-order valence-electron chi connectivity index (χ3n) is 3.48. The molecule has 1 fully saturated rings. The first-order chi connectivity index (χ1) is 6.76. The molecular formula is C12H19NO. The fraction of sp³-hybridized carbons (Fsp3) is 0.667. The Labute approximate surface area is 85.7 Å². The van der Waals surface area contributed by atoms with Crippen molar-refractivity contribution in [3.8, 4) is 0 Å². The molecule has 14 heavy (non-hydrogen) atoms. The van der Waals surface area contributed by atoms with Gasteiger partial charge in [0.25, 0.3) is 0 Å². The van der Waals surface area contributed by atoms with Crippen molar-refractivity contribution in [3.63, 3.8) is 0 Å². The normalized spacial score (nSPS) is 27.0. The van der Waals surface area contributed by atoms with Gasteiger partial charge in [0.05, 0.1) is 6.26 Å². The summed E-state index contributed by atoms with van der Waals surface area (Å²) >= 11 is 0. The van der Waals surface area contributed by atoms with Gasteiger partial charge in [0.15, 0.2) is 0 Å². The van der Waals surface area contributed by atoms with E-state index < -0.39 is 0 Å². The van der Waals surface area contributed by atoms with E-state index >= 15 is 0 Å². The Morgan fingerprint density at radius 1 is 1.57 bits per heavy atom. The molecule has 1 saturated heterocycles. The Morgan fingerprint density at radius 3 is 2.93 bits per heavy atom. The van der Waals surface area contributed by atoms with Crippen LogP contribution in [-0.2, 0) is 6.42 Å². The number of nitrogens with one attached hydrogen (secondary N) is 1. The van der Waals surface area contributed by atoms with Crippen LogP contribution < -0.4 is 5.32 Å². The van der Waals surface area contributed by atoms with Gasteiger partial charge in [0.2, 0.25) is 0 Å². The highest BCUT2D eigenvalue weighted by atomic mass is 16.3. The van der Waals surface area contributed by atoms with Gasteiger partial charge in [-0.25, -0.2) is 0 Å². The van der Waals surface area contributed by atoms with Crippen molar-refractivity contribution in [3.05, 3.63) is 23.7 Å². The molecule has 0 radical (unpaired) electrons. The molecule has 2 heteroatoms. The van der Waals surface area contributed by atoms with Gasteiger partial charge >= 0.3 is 0 Å². The topological polar surface area (TPSA) is 25.2 Å². The summed E-state index contributed by atoms with van der Waals surface area (Å²) in [5.74, 6) is 1.15. The van der Waals surface area contributed by atoms with E-state index in [1.165, 1.54) is 24.8 Å². The zero-order valence-electron chi connectivity index (χ0n) is 9.10. The molecule has 1 aromatic rings. The molecule has 0 spiro atoms. The lowest BCUT2D eigenvalue weighted by molar-refractivity contribution is 0.329. The Balaban J connectivity index is 2.12. The second-order valence-corrected chi connectivity index (χ2v) is 4.37. The first kappa shape index (κ1) is 9.78. The molecular weight excluding hydrogens is 174 g/mol. The molecule has 0 aliphatic carbocycles. The van der Waals surface area contributed by atoms with Crippen molar-refractivity contribution in [2.45, 2.75) is 45.1 Å². The van der Waals surface area contributed by atoms with E-state index in [-0.39, 0.29) is 0 Å². The minimum Gasteiger partial charge on any atom is -0.469 e. The number of aryl methyl sites for hydroxylation is 1. The lowest BCUT2D eigenvalue weighted by Gasteiger charge is -2.27. The largest absolute Gasteiger partial charge is 0.469 e. The molecule has 2 heterocycles. The van der Waals surface area contributed by atoms with Gasteiger partial charge in [-0.2, -0.15) is 0 Å². The SMILES string of the molecule is CCC1(Cc2occc2C)CCCN1. The molecule has 1 aliphatic heterocycles. The van der Waals surface area contributed by atoms with Crippen molar-refractivity contribution >= 4 is 0 Å². The average Bonchev–Trinajstić information content (AvgIpc) is 2.79. The minimum atomic E-state index is 0.308. The molecule has 1 atom stereocenters. The zero-order valence-corrected chi connectivity index (χ0v) is 9.10. The maximum Gasteiger partial charge on any atom is 0.108 e. The van der Waals surface area contributed by atoms with Crippen molar-refractivity contribution in [1.82, 2.24) is 5.32 Å². The van der Waals surface area contributed by atoms with E-state index in [0.29, 0.717) is 5.54 Å². The van der Waals surface area contributed by atoms with Crippen LogP contribution in [0.15, 0.2) is 16.7 Å². The molecule has 1 aliphatic rings. The van der Waals surface area contributed by atoms with Crippen LogP contribution in [0.4, 0.5) is 0 Å². The molecule has 0 saturated carbocycles. The monoisotopic (exact) mass is 193 g/mol. The molecule has 0 aromatic carbocycles.